The van der Waals surface area contributed by atoms with E-state index >= 15 is 0 Å². The Morgan fingerprint density at radius 3 is 2.23 bits per heavy atom. The maximum atomic E-state index is 12.5. The highest BCUT2D eigenvalue weighted by molar-refractivity contribution is 5.94. The number of hydrogen-bond acceptors (Lipinski definition) is 5. The number of rotatable bonds is 10. The van der Waals surface area contributed by atoms with E-state index < -0.39 is 30.4 Å². The van der Waals surface area contributed by atoms with E-state index in [4.69, 9.17) is 9.15 Å². The van der Waals surface area contributed by atoms with E-state index in [1.807, 2.05) is 30.3 Å². The van der Waals surface area contributed by atoms with Crippen LogP contribution in [0.15, 0.2) is 53.1 Å². The van der Waals surface area contributed by atoms with Crippen molar-refractivity contribution in [1.82, 2.24) is 10.6 Å². The van der Waals surface area contributed by atoms with Gasteiger partial charge in [0.15, 0.2) is 12.4 Å². The molecule has 1 aromatic heterocycles. The molecule has 0 aliphatic heterocycles. The van der Waals surface area contributed by atoms with E-state index in [1.54, 1.807) is 19.9 Å². The van der Waals surface area contributed by atoms with Crippen LogP contribution >= 0.6 is 0 Å². The molecule has 2 N–H and O–H groups in total. The average Bonchev–Trinajstić information content (AvgIpc) is 3.24. The molecule has 0 radical (unpaired) electrons. The number of benzene rings is 1. The fourth-order valence-corrected chi connectivity index (χ4v) is 3.02. The standard InChI is InChI=1S/C23H30N2O5/c1-15(2)13-18(17-9-6-5-7-10-17)24-20(26)14-30-23(28)21(16(3)4)25-22(27)19-11-8-12-29-19/h5-12,15-16,18,21H,13-14H2,1-4H3,(H,24,26)(H,25,27)/t18?,21-/m0/s1. The Balaban J connectivity index is 1.93. The zero-order chi connectivity index (χ0) is 22.1. The summed E-state index contributed by atoms with van der Waals surface area (Å²) in [6.07, 6.45) is 2.14. The van der Waals surface area contributed by atoms with E-state index in [9.17, 15) is 14.4 Å². The first-order valence-corrected chi connectivity index (χ1v) is 10.1. The van der Waals surface area contributed by atoms with Gasteiger partial charge in [-0.15, -0.1) is 0 Å². The predicted octanol–water partition coefficient (Wildman–Crippen LogP) is 3.48. The van der Waals surface area contributed by atoms with Gasteiger partial charge in [-0.05, 0) is 36.0 Å². The monoisotopic (exact) mass is 414 g/mol. The smallest absolute Gasteiger partial charge is 0.329 e. The molecule has 2 rings (SSSR count). The van der Waals surface area contributed by atoms with Crippen molar-refractivity contribution in [2.75, 3.05) is 6.61 Å². The highest BCUT2D eigenvalue weighted by Crippen LogP contribution is 2.21. The van der Waals surface area contributed by atoms with E-state index in [1.165, 1.54) is 12.3 Å². The molecule has 2 atom stereocenters. The molecule has 2 amide bonds. The quantitative estimate of drug-likeness (QED) is 0.580. The van der Waals surface area contributed by atoms with Crippen molar-refractivity contribution in [2.45, 2.75) is 46.2 Å². The summed E-state index contributed by atoms with van der Waals surface area (Å²) >= 11 is 0. The van der Waals surface area contributed by atoms with Crippen molar-refractivity contribution in [3.63, 3.8) is 0 Å². The SMILES string of the molecule is CC(C)CC(NC(=O)COC(=O)[C@@H](NC(=O)c1ccco1)C(C)C)c1ccccc1. The van der Waals surface area contributed by atoms with Gasteiger partial charge in [0.2, 0.25) is 0 Å². The number of nitrogens with one attached hydrogen (secondary N) is 2. The van der Waals surface area contributed by atoms with E-state index in [2.05, 4.69) is 24.5 Å². The van der Waals surface area contributed by atoms with Gasteiger partial charge in [0, 0.05) is 0 Å². The molecular formula is C23H30N2O5. The van der Waals surface area contributed by atoms with Crippen LogP contribution in [0.5, 0.6) is 0 Å². The minimum Gasteiger partial charge on any atom is -0.459 e. The molecule has 162 valence electrons. The number of amides is 2. The lowest BCUT2D eigenvalue weighted by Crippen LogP contribution is -2.46. The van der Waals surface area contributed by atoms with Gasteiger partial charge >= 0.3 is 5.97 Å². The molecule has 30 heavy (non-hydrogen) atoms. The lowest BCUT2D eigenvalue weighted by molar-refractivity contribution is -0.151. The number of ether oxygens (including phenoxy) is 1. The van der Waals surface area contributed by atoms with Crippen LogP contribution in [-0.4, -0.2) is 30.4 Å². The first-order chi connectivity index (χ1) is 14.3. The van der Waals surface area contributed by atoms with Crippen LogP contribution in [0.2, 0.25) is 0 Å². The lowest BCUT2D eigenvalue weighted by Gasteiger charge is -2.22. The van der Waals surface area contributed by atoms with Crippen molar-refractivity contribution in [1.29, 1.82) is 0 Å². The molecule has 0 aliphatic carbocycles. The Morgan fingerprint density at radius 2 is 1.67 bits per heavy atom. The van der Waals surface area contributed by atoms with Gasteiger partial charge in [0.1, 0.15) is 6.04 Å². The second-order valence-electron chi connectivity index (χ2n) is 7.94. The van der Waals surface area contributed by atoms with Gasteiger partial charge in [-0.2, -0.15) is 0 Å². The second kappa shape index (κ2) is 11.2. The molecule has 7 heteroatoms. The number of carbonyl (C=O) groups is 3. The maximum Gasteiger partial charge on any atom is 0.329 e. The first-order valence-electron chi connectivity index (χ1n) is 10.1. The third-order valence-corrected chi connectivity index (χ3v) is 4.54. The summed E-state index contributed by atoms with van der Waals surface area (Å²) in [6, 6.07) is 11.7. The predicted molar refractivity (Wildman–Crippen MR) is 113 cm³/mol. The fourth-order valence-electron chi connectivity index (χ4n) is 3.02. The first kappa shape index (κ1) is 23.2. The third kappa shape index (κ3) is 7.06. The van der Waals surface area contributed by atoms with Gasteiger partial charge in [0.05, 0.1) is 12.3 Å². The van der Waals surface area contributed by atoms with Crippen molar-refractivity contribution < 1.29 is 23.5 Å². The van der Waals surface area contributed by atoms with Crippen LogP contribution in [-0.2, 0) is 14.3 Å². The molecule has 0 spiro atoms. The number of furan rings is 1. The van der Waals surface area contributed by atoms with Gasteiger partial charge in [0.25, 0.3) is 11.8 Å². The van der Waals surface area contributed by atoms with Crippen LogP contribution in [0.1, 0.15) is 56.3 Å². The van der Waals surface area contributed by atoms with E-state index in [-0.39, 0.29) is 17.7 Å². The van der Waals surface area contributed by atoms with E-state index in [0.29, 0.717) is 5.92 Å². The van der Waals surface area contributed by atoms with Gasteiger partial charge in [-0.3, -0.25) is 9.59 Å². The molecule has 0 aliphatic rings. The summed E-state index contributed by atoms with van der Waals surface area (Å²) < 4.78 is 10.2. The Labute approximate surface area is 177 Å². The highest BCUT2D eigenvalue weighted by Gasteiger charge is 2.28. The summed E-state index contributed by atoms with van der Waals surface area (Å²) in [5, 5.41) is 5.53. The summed E-state index contributed by atoms with van der Waals surface area (Å²) in [5.41, 5.74) is 0.997. The van der Waals surface area contributed by atoms with Crippen molar-refractivity contribution >= 4 is 17.8 Å². The molecule has 1 aromatic carbocycles. The van der Waals surface area contributed by atoms with Gasteiger partial charge < -0.3 is 19.8 Å². The Hall–Kier alpha value is -3.09. The molecular weight excluding hydrogens is 384 g/mol. The van der Waals surface area contributed by atoms with Crippen LogP contribution in [0, 0.1) is 11.8 Å². The molecule has 0 fully saturated rings. The minimum atomic E-state index is -0.893. The molecule has 2 aromatic rings. The van der Waals surface area contributed by atoms with Crippen molar-refractivity contribution in [2.24, 2.45) is 11.8 Å². The Morgan fingerprint density at radius 1 is 0.967 bits per heavy atom. The van der Waals surface area contributed by atoms with Crippen molar-refractivity contribution in [3.05, 3.63) is 60.1 Å². The largest absolute Gasteiger partial charge is 0.459 e. The van der Waals surface area contributed by atoms with Crippen LogP contribution < -0.4 is 10.6 Å². The zero-order valence-electron chi connectivity index (χ0n) is 17.9. The van der Waals surface area contributed by atoms with Crippen molar-refractivity contribution in [3.8, 4) is 0 Å². The summed E-state index contributed by atoms with van der Waals surface area (Å²) in [4.78, 5) is 37.1. The molecule has 1 unspecified atom stereocenters. The molecule has 0 saturated carbocycles. The lowest BCUT2D eigenvalue weighted by atomic mass is 9.97. The molecule has 7 nitrogen and oxygen atoms in total. The van der Waals surface area contributed by atoms with Crippen LogP contribution in [0.4, 0.5) is 0 Å². The zero-order valence-corrected chi connectivity index (χ0v) is 17.9. The summed E-state index contributed by atoms with van der Waals surface area (Å²) in [5.74, 6) is -1.32. The topological polar surface area (TPSA) is 97.6 Å². The average molecular weight is 415 g/mol. The maximum absolute atomic E-state index is 12.5. The number of hydrogen-bond donors (Lipinski definition) is 2. The Kier molecular flexibility index (Phi) is 8.65. The molecule has 1 heterocycles. The van der Waals surface area contributed by atoms with Gasteiger partial charge in [-0.25, -0.2) is 4.79 Å². The summed E-state index contributed by atoms with van der Waals surface area (Å²) in [6.45, 7) is 7.30. The van der Waals surface area contributed by atoms with Crippen LogP contribution in [0.3, 0.4) is 0 Å². The highest BCUT2D eigenvalue weighted by atomic mass is 16.5. The fraction of sp³-hybridized carbons (Fsp3) is 0.435. The normalized spacial score (nSPS) is 13.0. The second-order valence-corrected chi connectivity index (χ2v) is 7.94. The van der Waals surface area contributed by atoms with E-state index in [0.717, 1.165) is 12.0 Å². The Bertz CT molecular complexity index is 815. The van der Waals surface area contributed by atoms with Crippen LogP contribution in [0.25, 0.3) is 0 Å². The molecule has 0 saturated heterocycles. The minimum absolute atomic E-state index is 0.102. The molecule has 0 bridgehead atoms. The third-order valence-electron chi connectivity index (χ3n) is 4.54. The summed E-state index contributed by atoms with van der Waals surface area (Å²) in [7, 11) is 0. The number of esters is 1. The van der Waals surface area contributed by atoms with Gasteiger partial charge in [-0.1, -0.05) is 58.0 Å². The number of carbonyl (C=O) groups excluding carboxylic acids is 3.